The molecule has 5 heterocycles. The van der Waals surface area contributed by atoms with Gasteiger partial charge in [0.1, 0.15) is 0 Å². The molecule has 5 rings (SSSR count). The standard InChI is InChI=1S/C30H30N4O4.Zn/c1-15-9-20-12-25-17(3)21(5-7-29(35)36)27(33-25)14-28-22(6-8-30(37)38)18(4)26(34-28)13-24-16(2)10-19(32-24)11-23(15)31-20;/h9-14,31-32H,5-8H2,1-4H3,(H,35,36)(H,37,38);/q;+2/p-2. The Kier molecular flexibility index (Phi) is 8.02. The third-order valence-corrected chi connectivity index (χ3v) is 7.23. The van der Waals surface area contributed by atoms with Crippen molar-refractivity contribution in [3.8, 4) is 0 Å². The van der Waals surface area contributed by atoms with Gasteiger partial charge in [0.05, 0.1) is 22.8 Å². The van der Waals surface area contributed by atoms with E-state index in [4.69, 9.17) is 9.97 Å². The number of nitrogens with one attached hydrogen (secondary N) is 2. The van der Waals surface area contributed by atoms with E-state index in [2.05, 4.69) is 28.2 Å². The molecule has 0 saturated carbocycles. The predicted octanol–water partition coefficient (Wildman–Crippen LogP) is 3.85. The van der Waals surface area contributed by atoms with Gasteiger partial charge in [-0.05, 0) is 123 Å². The van der Waals surface area contributed by atoms with Gasteiger partial charge in [-0.15, -0.1) is 0 Å². The second-order valence-corrected chi connectivity index (χ2v) is 9.94. The summed E-state index contributed by atoms with van der Waals surface area (Å²) in [6.07, 6.45) is 0.263. The van der Waals surface area contributed by atoms with Gasteiger partial charge in [0, 0.05) is 34.0 Å². The number of hydrogen-bond donors (Lipinski definition) is 2. The van der Waals surface area contributed by atoms with Crippen LogP contribution in [-0.4, -0.2) is 31.9 Å². The molecule has 2 N–H and O–H groups in total. The van der Waals surface area contributed by atoms with Gasteiger partial charge in [-0.3, -0.25) is 0 Å². The molecule has 8 nitrogen and oxygen atoms in total. The molecular formula is C30H28N4O4Zn. The molecule has 2 aliphatic heterocycles. The third kappa shape index (κ3) is 5.78. The number of nitrogens with zero attached hydrogens (tertiary/aromatic N) is 2. The van der Waals surface area contributed by atoms with Crippen LogP contribution in [0.3, 0.4) is 0 Å². The van der Waals surface area contributed by atoms with Crippen LogP contribution in [0.15, 0.2) is 36.4 Å². The van der Waals surface area contributed by atoms with Crippen molar-refractivity contribution >= 4 is 56.3 Å². The topological polar surface area (TPSA) is 138 Å². The molecule has 2 aliphatic rings. The molecular weight excluding hydrogens is 546 g/mol. The zero-order valence-corrected chi connectivity index (χ0v) is 25.5. The van der Waals surface area contributed by atoms with Gasteiger partial charge in [0.15, 0.2) is 0 Å². The molecule has 0 fully saturated rings. The number of carbonyl (C=O) groups excluding carboxylic acids is 2. The fourth-order valence-electron chi connectivity index (χ4n) is 5.09. The van der Waals surface area contributed by atoms with Crippen molar-refractivity contribution in [2.75, 3.05) is 0 Å². The third-order valence-electron chi connectivity index (χ3n) is 7.23. The minimum absolute atomic E-state index is 0. The quantitative estimate of drug-likeness (QED) is 0.430. The van der Waals surface area contributed by atoms with Crippen molar-refractivity contribution in [2.24, 2.45) is 0 Å². The zero-order chi connectivity index (χ0) is 27.1. The summed E-state index contributed by atoms with van der Waals surface area (Å²) in [5.74, 6) is -2.26. The Balaban J connectivity index is 0.00000353. The van der Waals surface area contributed by atoms with Gasteiger partial charge < -0.3 is 29.8 Å². The Morgan fingerprint density at radius 3 is 1.56 bits per heavy atom. The van der Waals surface area contributed by atoms with Crippen LogP contribution in [0.2, 0.25) is 0 Å². The van der Waals surface area contributed by atoms with E-state index in [0.717, 1.165) is 66.9 Å². The number of carbonyl (C=O) groups is 2. The fourth-order valence-corrected chi connectivity index (χ4v) is 5.09. The van der Waals surface area contributed by atoms with Gasteiger partial charge in [-0.1, -0.05) is 0 Å². The monoisotopic (exact) mass is 572 g/mol. The SMILES string of the molecule is CC1=C(CCC(=O)[O-])c2cc3nc(cc4[nH]c(cc4C)cc4[nH]c(cc1n2)cc4C)C(C)=C3CCC(=O)[O-].[Zn+2]. The van der Waals surface area contributed by atoms with Gasteiger partial charge >= 0.3 is 19.5 Å². The molecule has 0 radical (unpaired) electrons. The summed E-state index contributed by atoms with van der Waals surface area (Å²) in [4.78, 5) is 39.2. The van der Waals surface area contributed by atoms with Crippen LogP contribution in [0.4, 0.5) is 0 Å². The second-order valence-electron chi connectivity index (χ2n) is 9.94. The number of rotatable bonds is 6. The summed E-state index contributed by atoms with van der Waals surface area (Å²) in [6, 6.07) is 11.9. The molecule has 3 aromatic heterocycles. The number of allylic oxidation sites excluding steroid dienone is 4. The summed E-state index contributed by atoms with van der Waals surface area (Å²) < 4.78 is 0. The normalized spacial score (nSPS) is 13.0. The molecule has 39 heavy (non-hydrogen) atoms. The van der Waals surface area contributed by atoms with Crippen molar-refractivity contribution in [3.05, 3.63) is 70.3 Å². The van der Waals surface area contributed by atoms with Gasteiger partial charge in [0.2, 0.25) is 0 Å². The summed E-state index contributed by atoms with van der Waals surface area (Å²) in [5.41, 5.74) is 11.9. The zero-order valence-electron chi connectivity index (χ0n) is 22.5. The maximum absolute atomic E-state index is 11.3. The first kappa shape index (κ1) is 28.2. The molecule has 0 aromatic carbocycles. The maximum atomic E-state index is 11.3. The van der Waals surface area contributed by atoms with E-state index in [9.17, 15) is 19.8 Å². The largest absolute Gasteiger partial charge is 2.00 e. The Morgan fingerprint density at radius 2 is 1.08 bits per heavy atom. The Hall–Kier alpha value is -3.84. The minimum atomic E-state index is -1.13. The number of hydrogen-bond acceptors (Lipinski definition) is 6. The number of aromatic nitrogens is 4. The number of carboxylic acids is 2. The molecule has 0 atom stereocenters. The fraction of sp³-hybridized carbons (Fsp3) is 0.267. The summed E-state index contributed by atoms with van der Waals surface area (Å²) in [7, 11) is 0. The average Bonchev–Trinajstić information content (AvgIpc) is 3.53. The molecule has 8 bridgehead atoms. The van der Waals surface area contributed by atoms with Crippen LogP contribution in [0.25, 0.3) is 44.4 Å². The van der Waals surface area contributed by atoms with Crippen molar-refractivity contribution in [1.29, 1.82) is 0 Å². The molecule has 194 valence electrons. The van der Waals surface area contributed by atoms with E-state index in [0.29, 0.717) is 11.4 Å². The number of fused-ring (bicyclic) bond motifs is 8. The van der Waals surface area contributed by atoms with Gasteiger partial charge in [-0.25, -0.2) is 9.97 Å². The van der Waals surface area contributed by atoms with E-state index in [1.165, 1.54) is 0 Å². The van der Waals surface area contributed by atoms with Crippen LogP contribution < -0.4 is 10.2 Å². The molecule has 0 saturated heterocycles. The van der Waals surface area contributed by atoms with Gasteiger partial charge in [-0.2, -0.15) is 0 Å². The molecule has 0 spiro atoms. The van der Waals surface area contributed by atoms with Crippen LogP contribution >= 0.6 is 0 Å². The Morgan fingerprint density at radius 1 is 0.641 bits per heavy atom. The maximum Gasteiger partial charge on any atom is 2.00 e. The van der Waals surface area contributed by atoms with Crippen molar-refractivity contribution in [1.82, 2.24) is 19.9 Å². The van der Waals surface area contributed by atoms with Crippen LogP contribution in [0.1, 0.15) is 73.4 Å². The van der Waals surface area contributed by atoms with Gasteiger partial charge in [0.25, 0.3) is 0 Å². The van der Waals surface area contributed by atoms with Crippen molar-refractivity contribution in [3.63, 3.8) is 0 Å². The summed E-state index contributed by atoms with van der Waals surface area (Å²) >= 11 is 0. The van der Waals surface area contributed by atoms with E-state index in [-0.39, 0.29) is 45.2 Å². The molecule has 0 amide bonds. The summed E-state index contributed by atoms with van der Waals surface area (Å²) in [6.45, 7) is 7.93. The number of carboxylic acid groups (broad SMARTS) is 2. The minimum Gasteiger partial charge on any atom is -0.550 e. The van der Waals surface area contributed by atoms with E-state index in [1.54, 1.807) is 0 Å². The van der Waals surface area contributed by atoms with Crippen LogP contribution in [0, 0.1) is 13.8 Å². The van der Waals surface area contributed by atoms with Crippen molar-refractivity contribution < 1.29 is 39.3 Å². The summed E-state index contributed by atoms with van der Waals surface area (Å²) in [5, 5.41) is 22.6. The number of aryl methyl sites for hydroxylation is 2. The molecule has 0 unspecified atom stereocenters. The second kappa shape index (κ2) is 11.1. The van der Waals surface area contributed by atoms with E-state index >= 15 is 0 Å². The van der Waals surface area contributed by atoms with E-state index < -0.39 is 11.9 Å². The van der Waals surface area contributed by atoms with Crippen LogP contribution in [0.5, 0.6) is 0 Å². The first-order valence-corrected chi connectivity index (χ1v) is 12.6. The molecule has 3 aromatic rings. The predicted molar refractivity (Wildman–Crippen MR) is 144 cm³/mol. The Labute approximate surface area is 238 Å². The van der Waals surface area contributed by atoms with E-state index in [1.807, 2.05) is 45.9 Å². The number of H-pyrrole nitrogens is 2. The Bertz CT molecular complexity index is 1730. The molecule has 0 aliphatic carbocycles. The number of aromatic amines is 2. The molecule has 9 heteroatoms. The van der Waals surface area contributed by atoms with Crippen LogP contribution in [-0.2, 0) is 29.1 Å². The number of aliphatic carboxylic acids is 2. The first-order chi connectivity index (χ1) is 18.1. The van der Waals surface area contributed by atoms with Crippen molar-refractivity contribution in [2.45, 2.75) is 53.4 Å². The average molecular weight is 574 g/mol. The smallest absolute Gasteiger partial charge is 0.550 e. The first-order valence-electron chi connectivity index (χ1n) is 12.6.